The third-order valence-corrected chi connectivity index (χ3v) is 4.64. The lowest BCUT2D eigenvalue weighted by Gasteiger charge is -2.20. The van der Waals surface area contributed by atoms with Gasteiger partial charge in [-0.2, -0.15) is 5.10 Å². The summed E-state index contributed by atoms with van der Waals surface area (Å²) in [5.41, 5.74) is 2.85. The Morgan fingerprint density at radius 1 is 1.32 bits per heavy atom. The van der Waals surface area contributed by atoms with E-state index in [-0.39, 0.29) is 5.91 Å². The minimum atomic E-state index is -0.0461. The first-order valence-corrected chi connectivity index (χ1v) is 9.04. The second kappa shape index (κ2) is 7.68. The van der Waals surface area contributed by atoms with Gasteiger partial charge in [-0.3, -0.25) is 9.48 Å². The Balaban J connectivity index is 1.60. The van der Waals surface area contributed by atoms with E-state index in [9.17, 15) is 4.79 Å². The Morgan fingerprint density at radius 3 is 2.76 bits per heavy atom. The zero-order valence-electron chi connectivity index (χ0n) is 15.3. The van der Waals surface area contributed by atoms with Gasteiger partial charge in [-0.15, -0.1) is 0 Å². The van der Waals surface area contributed by atoms with Crippen LogP contribution in [0, 0.1) is 19.8 Å². The van der Waals surface area contributed by atoms with E-state index in [1.807, 2.05) is 23.7 Å². The van der Waals surface area contributed by atoms with E-state index in [2.05, 4.69) is 40.2 Å². The molecule has 134 valence electrons. The van der Waals surface area contributed by atoms with Gasteiger partial charge in [0.1, 0.15) is 5.82 Å². The van der Waals surface area contributed by atoms with Crippen molar-refractivity contribution in [2.24, 2.45) is 5.92 Å². The van der Waals surface area contributed by atoms with Crippen molar-refractivity contribution in [1.29, 1.82) is 0 Å². The molecule has 0 aromatic carbocycles. The molecule has 1 aliphatic heterocycles. The van der Waals surface area contributed by atoms with Crippen LogP contribution in [-0.2, 0) is 6.54 Å². The first kappa shape index (κ1) is 17.5. The Kier molecular flexibility index (Phi) is 5.36. The number of nitrogens with one attached hydrogen (secondary N) is 1. The molecule has 1 N–H and O–H groups in total. The minimum absolute atomic E-state index is 0.0461. The highest BCUT2D eigenvalue weighted by atomic mass is 16.1. The highest BCUT2D eigenvalue weighted by Crippen LogP contribution is 2.21. The topological polar surface area (TPSA) is 63.1 Å². The predicted molar refractivity (Wildman–Crippen MR) is 98.9 cm³/mol. The SMILES string of the molecule is Cc1cc(C)n(C[C@H](C)CNC(=O)c2cccnc2N2CCCC2)n1. The van der Waals surface area contributed by atoms with Gasteiger partial charge in [-0.25, -0.2) is 4.98 Å². The normalized spacial score (nSPS) is 15.4. The molecule has 2 aromatic heterocycles. The van der Waals surface area contributed by atoms with E-state index in [1.165, 1.54) is 0 Å². The average molecular weight is 341 g/mol. The third-order valence-electron chi connectivity index (χ3n) is 4.64. The standard InChI is InChI=1S/C19H27N5O/c1-14(13-24-16(3)11-15(2)22-24)12-21-19(25)17-7-6-8-20-18(17)23-9-4-5-10-23/h6-8,11,14H,4-5,9-10,12-13H2,1-3H3,(H,21,25)/t14-/m1/s1. The molecule has 1 aliphatic rings. The molecule has 0 unspecified atom stereocenters. The van der Waals surface area contributed by atoms with Gasteiger partial charge in [0.2, 0.25) is 0 Å². The van der Waals surface area contributed by atoms with Gasteiger partial charge in [-0.05, 0) is 50.8 Å². The number of aryl methyl sites for hydroxylation is 2. The number of amides is 1. The second-order valence-corrected chi connectivity index (χ2v) is 6.99. The number of carbonyl (C=O) groups excluding carboxylic acids is 1. The lowest BCUT2D eigenvalue weighted by atomic mass is 10.1. The number of aromatic nitrogens is 3. The van der Waals surface area contributed by atoms with Crippen LogP contribution < -0.4 is 10.2 Å². The Bertz CT molecular complexity index is 733. The maximum atomic E-state index is 12.6. The van der Waals surface area contributed by atoms with E-state index in [0.717, 1.165) is 49.7 Å². The lowest BCUT2D eigenvalue weighted by molar-refractivity contribution is 0.0946. The summed E-state index contributed by atoms with van der Waals surface area (Å²) in [4.78, 5) is 19.3. The summed E-state index contributed by atoms with van der Waals surface area (Å²) in [6.45, 7) is 9.55. The van der Waals surface area contributed by atoms with E-state index in [1.54, 1.807) is 6.20 Å². The minimum Gasteiger partial charge on any atom is -0.356 e. The summed E-state index contributed by atoms with van der Waals surface area (Å²) in [5, 5.41) is 7.55. The summed E-state index contributed by atoms with van der Waals surface area (Å²) in [6.07, 6.45) is 4.09. The van der Waals surface area contributed by atoms with Crippen molar-refractivity contribution in [2.75, 3.05) is 24.5 Å². The summed E-state index contributed by atoms with van der Waals surface area (Å²) < 4.78 is 2.01. The fourth-order valence-corrected chi connectivity index (χ4v) is 3.34. The molecule has 0 spiro atoms. The Labute approximate surface area is 149 Å². The molecule has 0 saturated carbocycles. The molecular weight excluding hydrogens is 314 g/mol. The van der Waals surface area contributed by atoms with Crippen LogP contribution in [0.2, 0.25) is 0 Å². The summed E-state index contributed by atoms with van der Waals surface area (Å²) in [7, 11) is 0. The molecule has 6 nitrogen and oxygen atoms in total. The number of carbonyl (C=O) groups is 1. The van der Waals surface area contributed by atoms with Crippen LogP contribution in [0.3, 0.4) is 0 Å². The van der Waals surface area contributed by atoms with Gasteiger partial charge in [0.05, 0.1) is 11.3 Å². The van der Waals surface area contributed by atoms with E-state index in [4.69, 9.17) is 0 Å². The van der Waals surface area contributed by atoms with Crippen LogP contribution in [-0.4, -0.2) is 40.3 Å². The van der Waals surface area contributed by atoms with Crippen LogP contribution in [0.1, 0.15) is 41.5 Å². The smallest absolute Gasteiger partial charge is 0.255 e. The van der Waals surface area contributed by atoms with Crippen molar-refractivity contribution in [3.8, 4) is 0 Å². The van der Waals surface area contributed by atoms with Crippen LogP contribution in [0.25, 0.3) is 0 Å². The number of pyridine rings is 1. The number of hydrogen-bond donors (Lipinski definition) is 1. The zero-order chi connectivity index (χ0) is 17.8. The molecule has 0 bridgehead atoms. The maximum absolute atomic E-state index is 12.6. The Morgan fingerprint density at radius 2 is 2.08 bits per heavy atom. The number of rotatable bonds is 6. The lowest BCUT2D eigenvalue weighted by Crippen LogP contribution is -2.32. The molecule has 3 heterocycles. The molecule has 0 radical (unpaired) electrons. The van der Waals surface area contributed by atoms with Crippen LogP contribution in [0.15, 0.2) is 24.4 Å². The first-order chi connectivity index (χ1) is 12.0. The second-order valence-electron chi connectivity index (χ2n) is 6.99. The van der Waals surface area contributed by atoms with Crippen LogP contribution in [0.5, 0.6) is 0 Å². The molecule has 0 aliphatic carbocycles. The molecule has 6 heteroatoms. The monoisotopic (exact) mass is 341 g/mol. The largest absolute Gasteiger partial charge is 0.356 e. The highest BCUT2D eigenvalue weighted by molar-refractivity contribution is 5.98. The summed E-state index contributed by atoms with van der Waals surface area (Å²) in [6, 6.07) is 5.76. The van der Waals surface area contributed by atoms with Crippen molar-refractivity contribution >= 4 is 11.7 Å². The summed E-state index contributed by atoms with van der Waals surface area (Å²) in [5.74, 6) is 1.06. The fourth-order valence-electron chi connectivity index (χ4n) is 3.34. The third kappa shape index (κ3) is 4.18. The van der Waals surface area contributed by atoms with Crippen LogP contribution >= 0.6 is 0 Å². The molecule has 1 saturated heterocycles. The number of nitrogens with zero attached hydrogens (tertiary/aromatic N) is 4. The quantitative estimate of drug-likeness (QED) is 0.877. The van der Waals surface area contributed by atoms with Gasteiger partial charge >= 0.3 is 0 Å². The number of hydrogen-bond acceptors (Lipinski definition) is 4. The van der Waals surface area contributed by atoms with E-state index in [0.29, 0.717) is 18.0 Å². The number of anilines is 1. The highest BCUT2D eigenvalue weighted by Gasteiger charge is 2.20. The fraction of sp³-hybridized carbons (Fsp3) is 0.526. The zero-order valence-corrected chi connectivity index (χ0v) is 15.3. The molecule has 1 fully saturated rings. The predicted octanol–water partition coefficient (Wildman–Crippen LogP) is 2.56. The van der Waals surface area contributed by atoms with E-state index >= 15 is 0 Å². The first-order valence-electron chi connectivity index (χ1n) is 9.04. The van der Waals surface area contributed by atoms with Gasteiger partial charge in [0, 0.05) is 38.1 Å². The van der Waals surface area contributed by atoms with Gasteiger partial charge in [0.15, 0.2) is 0 Å². The maximum Gasteiger partial charge on any atom is 0.255 e. The molecule has 1 atom stereocenters. The van der Waals surface area contributed by atoms with Crippen LogP contribution in [0.4, 0.5) is 5.82 Å². The van der Waals surface area contributed by atoms with E-state index < -0.39 is 0 Å². The molecule has 25 heavy (non-hydrogen) atoms. The molecular formula is C19H27N5O. The van der Waals surface area contributed by atoms with Crippen molar-refractivity contribution in [3.05, 3.63) is 41.3 Å². The molecule has 3 rings (SSSR count). The molecule has 1 amide bonds. The molecule has 2 aromatic rings. The van der Waals surface area contributed by atoms with Crippen molar-refractivity contribution in [2.45, 2.75) is 40.2 Å². The van der Waals surface area contributed by atoms with Gasteiger partial charge in [0.25, 0.3) is 5.91 Å². The van der Waals surface area contributed by atoms with Crippen molar-refractivity contribution in [3.63, 3.8) is 0 Å². The van der Waals surface area contributed by atoms with Crippen molar-refractivity contribution in [1.82, 2.24) is 20.1 Å². The van der Waals surface area contributed by atoms with Gasteiger partial charge in [-0.1, -0.05) is 6.92 Å². The summed E-state index contributed by atoms with van der Waals surface area (Å²) >= 11 is 0. The van der Waals surface area contributed by atoms with Gasteiger partial charge < -0.3 is 10.2 Å². The Hall–Kier alpha value is -2.37. The van der Waals surface area contributed by atoms with Crippen molar-refractivity contribution < 1.29 is 4.79 Å². The average Bonchev–Trinajstić information content (AvgIpc) is 3.23.